The number of carbonyl (C=O) groups is 1. The number of likely N-dealkylation sites (N-methyl/N-ethyl adjacent to an activating group) is 1. The standard InChI is InChI=1S/C23H27FN8O/c1-13-19-17-12-27-21(25)22(28-17)32-9-4-5-18(32)15-11-14(24)6-7-16(15)26-8-10-30(2)23(33)20(19)29-31(13)3/h6-7,11-12,18,26H,4-5,8-10H2,1-3H3,(H2,25,27)/t18-/m1/s1. The number of hydrogen-bond acceptors (Lipinski definition) is 7. The van der Waals surface area contributed by atoms with Crippen molar-refractivity contribution in [3.05, 3.63) is 47.2 Å². The molecule has 9 nitrogen and oxygen atoms in total. The van der Waals surface area contributed by atoms with Gasteiger partial charge in [0.2, 0.25) is 0 Å². The molecule has 2 bridgehead atoms. The third kappa shape index (κ3) is 3.55. The van der Waals surface area contributed by atoms with Crippen molar-refractivity contribution in [2.45, 2.75) is 25.8 Å². The number of hydrogen-bond donors (Lipinski definition) is 2. The van der Waals surface area contributed by atoms with Gasteiger partial charge in [0.25, 0.3) is 5.91 Å². The quantitative estimate of drug-likeness (QED) is 0.543. The van der Waals surface area contributed by atoms with Crippen molar-refractivity contribution in [3.63, 3.8) is 0 Å². The van der Waals surface area contributed by atoms with E-state index in [4.69, 9.17) is 10.7 Å². The summed E-state index contributed by atoms with van der Waals surface area (Å²) in [6.45, 7) is 3.60. The second-order valence-corrected chi connectivity index (χ2v) is 8.63. The highest BCUT2D eigenvalue weighted by atomic mass is 19.1. The lowest BCUT2D eigenvalue weighted by Crippen LogP contribution is -2.33. The number of rotatable bonds is 0. The highest BCUT2D eigenvalue weighted by Gasteiger charge is 2.32. The fourth-order valence-electron chi connectivity index (χ4n) is 4.74. The number of carbonyl (C=O) groups excluding carboxylic acids is 1. The number of fused-ring (bicyclic) bond motifs is 8. The van der Waals surface area contributed by atoms with Crippen LogP contribution in [0.4, 0.5) is 21.7 Å². The van der Waals surface area contributed by atoms with Crippen molar-refractivity contribution in [2.75, 3.05) is 42.6 Å². The zero-order valence-corrected chi connectivity index (χ0v) is 19.0. The fourth-order valence-corrected chi connectivity index (χ4v) is 4.74. The molecule has 1 fully saturated rings. The number of halogens is 1. The van der Waals surface area contributed by atoms with Gasteiger partial charge in [0.15, 0.2) is 17.3 Å². The topological polar surface area (TPSA) is 105 Å². The third-order valence-corrected chi connectivity index (χ3v) is 6.58. The van der Waals surface area contributed by atoms with Crippen LogP contribution in [0.2, 0.25) is 0 Å². The van der Waals surface area contributed by atoms with Gasteiger partial charge in [-0.1, -0.05) is 0 Å². The van der Waals surface area contributed by atoms with Gasteiger partial charge in [-0.15, -0.1) is 0 Å². The van der Waals surface area contributed by atoms with E-state index in [9.17, 15) is 9.18 Å². The first-order chi connectivity index (χ1) is 15.8. The zero-order valence-electron chi connectivity index (χ0n) is 19.0. The number of aryl methyl sites for hydroxylation is 1. The smallest absolute Gasteiger partial charge is 0.274 e. The Kier molecular flexibility index (Phi) is 5.15. The molecule has 0 saturated carbocycles. The van der Waals surface area contributed by atoms with Gasteiger partial charge < -0.3 is 20.9 Å². The van der Waals surface area contributed by atoms with Crippen molar-refractivity contribution in [1.29, 1.82) is 0 Å². The van der Waals surface area contributed by atoms with Crippen LogP contribution < -0.4 is 16.0 Å². The number of aromatic nitrogens is 4. The second-order valence-electron chi connectivity index (χ2n) is 8.63. The van der Waals surface area contributed by atoms with Crippen LogP contribution in [-0.4, -0.2) is 57.2 Å². The molecule has 10 heteroatoms. The van der Waals surface area contributed by atoms with Crippen molar-refractivity contribution >= 4 is 23.2 Å². The summed E-state index contributed by atoms with van der Waals surface area (Å²) in [5.41, 5.74) is 10.3. The van der Waals surface area contributed by atoms with Crippen LogP contribution in [0.5, 0.6) is 0 Å². The first-order valence-electron chi connectivity index (χ1n) is 11.1. The second kappa shape index (κ2) is 8.02. The lowest BCUT2D eigenvalue weighted by atomic mass is 10.0. The van der Waals surface area contributed by atoms with Crippen LogP contribution in [0.25, 0.3) is 11.3 Å². The molecule has 172 valence electrons. The predicted octanol–water partition coefficient (Wildman–Crippen LogP) is 2.75. The molecule has 1 aromatic carbocycles. The normalized spacial score (nSPS) is 18.3. The SMILES string of the molecule is Cc1c2c(nn1C)C(=O)N(C)CCNc1ccc(F)cc1[C@H]1CCCN1c1nc-2cnc1N. The molecule has 0 aliphatic carbocycles. The summed E-state index contributed by atoms with van der Waals surface area (Å²) in [6, 6.07) is 4.68. The summed E-state index contributed by atoms with van der Waals surface area (Å²) in [5.74, 6) is 0.345. The number of benzene rings is 1. The number of nitrogens with zero attached hydrogens (tertiary/aromatic N) is 6. The first kappa shape index (κ1) is 21.2. The Morgan fingerprint density at radius 2 is 2.06 bits per heavy atom. The van der Waals surface area contributed by atoms with Gasteiger partial charge in [0.1, 0.15) is 5.82 Å². The molecule has 5 rings (SSSR count). The van der Waals surface area contributed by atoms with Gasteiger partial charge in [-0.2, -0.15) is 5.10 Å². The third-order valence-electron chi connectivity index (χ3n) is 6.58. The van der Waals surface area contributed by atoms with Gasteiger partial charge in [0.05, 0.1) is 23.5 Å². The largest absolute Gasteiger partial charge is 0.383 e. The molecule has 2 aromatic heterocycles. The summed E-state index contributed by atoms with van der Waals surface area (Å²) in [5, 5.41) is 7.88. The highest BCUT2D eigenvalue weighted by molar-refractivity contribution is 5.99. The molecule has 3 aromatic rings. The van der Waals surface area contributed by atoms with E-state index in [1.807, 2.05) is 6.92 Å². The molecule has 3 N–H and O–H groups in total. The van der Waals surface area contributed by atoms with E-state index < -0.39 is 0 Å². The zero-order chi connectivity index (χ0) is 23.3. The maximum absolute atomic E-state index is 14.3. The average molecular weight is 451 g/mol. The Bertz CT molecular complexity index is 1240. The van der Waals surface area contributed by atoms with Crippen molar-refractivity contribution in [3.8, 4) is 11.3 Å². The summed E-state index contributed by atoms with van der Waals surface area (Å²) < 4.78 is 16.0. The Labute approximate surface area is 191 Å². The minimum Gasteiger partial charge on any atom is -0.383 e. The van der Waals surface area contributed by atoms with Gasteiger partial charge >= 0.3 is 0 Å². The minimum absolute atomic E-state index is 0.0909. The van der Waals surface area contributed by atoms with Crippen LogP contribution in [-0.2, 0) is 7.05 Å². The number of nitrogens with two attached hydrogens (primary N) is 1. The van der Waals surface area contributed by atoms with Crippen LogP contribution in [0.1, 0.15) is 40.6 Å². The van der Waals surface area contributed by atoms with E-state index >= 15 is 0 Å². The van der Waals surface area contributed by atoms with Crippen molar-refractivity contribution in [2.24, 2.45) is 7.05 Å². The van der Waals surface area contributed by atoms with Crippen LogP contribution in [0.3, 0.4) is 0 Å². The molecular weight excluding hydrogens is 423 g/mol. The Balaban J connectivity index is 1.72. The lowest BCUT2D eigenvalue weighted by Gasteiger charge is -2.29. The lowest BCUT2D eigenvalue weighted by molar-refractivity contribution is 0.0794. The van der Waals surface area contributed by atoms with E-state index in [1.165, 1.54) is 6.07 Å². The average Bonchev–Trinajstić information content (AvgIpc) is 3.39. The molecule has 1 amide bonds. The van der Waals surface area contributed by atoms with Gasteiger partial charge in [-0.3, -0.25) is 9.48 Å². The minimum atomic E-state index is -0.292. The Morgan fingerprint density at radius 1 is 1.24 bits per heavy atom. The first-order valence-corrected chi connectivity index (χ1v) is 11.1. The number of nitrogen functional groups attached to an aromatic ring is 1. The van der Waals surface area contributed by atoms with Gasteiger partial charge in [0, 0.05) is 50.7 Å². The Morgan fingerprint density at radius 3 is 2.88 bits per heavy atom. The number of amides is 1. The molecule has 0 unspecified atom stereocenters. The molecule has 2 aliphatic rings. The predicted molar refractivity (Wildman–Crippen MR) is 125 cm³/mol. The molecule has 1 saturated heterocycles. The maximum atomic E-state index is 14.3. The highest BCUT2D eigenvalue weighted by Crippen LogP contribution is 2.41. The summed E-state index contributed by atoms with van der Waals surface area (Å²) in [6.07, 6.45) is 3.36. The maximum Gasteiger partial charge on any atom is 0.274 e. The summed E-state index contributed by atoms with van der Waals surface area (Å²) in [7, 11) is 3.55. The van der Waals surface area contributed by atoms with Crippen LogP contribution in [0, 0.1) is 12.7 Å². The molecule has 4 heterocycles. The molecule has 1 atom stereocenters. The van der Waals surface area contributed by atoms with Crippen LogP contribution in [0.15, 0.2) is 24.4 Å². The molecule has 2 aliphatic heterocycles. The molecular formula is C23H27FN8O. The number of anilines is 3. The summed E-state index contributed by atoms with van der Waals surface area (Å²) in [4.78, 5) is 26.3. The van der Waals surface area contributed by atoms with Crippen molar-refractivity contribution in [1.82, 2.24) is 24.6 Å². The molecule has 0 radical (unpaired) electrons. The monoisotopic (exact) mass is 450 g/mol. The molecule has 0 spiro atoms. The Hall–Kier alpha value is -3.69. The number of nitrogens with one attached hydrogen (secondary N) is 1. The van der Waals surface area contributed by atoms with E-state index in [0.717, 1.165) is 36.3 Å². The van der Waals surface area contributed by atoms with Gasteiger partial charge in [-0.05, 0) is 38.0 Å². The van der Waals surface area contributed by atoms with E-state index in [1.54, 1.807) is 42.0 Å². The van der Waals surface area contributed by atoms with Gasteiger partial charge in [-0.25, -0.2) is 14.4 Å². The fraction of sp³-hybridized carbons (Fsp3) is 0.391. The van der Waals surface area contributed by atoms with E-state index in [0.29, 0.717) is 41.7 Å². The molecule has 33 heavy (non-hydrogen) atoms. The van der Waals surface area contributed by atoms with Crippen LogP contribution >= 0.6 is 0 Å². The summed E-state index contributed by atoms with van der Waals surface area (Å²) >= 11 is 0. The van der Waals surface area contributed by atoms with Crippen molar-refractivity contribution < 1.29 is 9.18 Å². The van der Waals surface area contributed by atoms with E-state index in [-0.39, 0.29) is 17.8 Å². The van der Waals surface area contributed by atoms with E-state index in [2.05, 4.69) is 20.3 Å².